The number of amides is 3. The van der Waals surface area contributed by atoms with Crippen molar-refractivity contribution >= 4 is 17.7 Å². The predicted molar refractivity (Wildman–Crippen MR) is 115 cm³/mol. The lowest BCUT2D eigenvalue weighted by molar-refractivity contribution is -0.130. The van der Waals surface area contributed by atoms with Crippen LogP contribution in [0.1, 0.15) is 71.7 Å². The highest BCUT2D eigenvalue weighted by atomic mass is 16.2. The Morgan fingerprint density at radius 1 is 1.13 bits per heavy atom. The standard InChI is InChI=1S/C24H29N3O3/c1-14(2)27-15(3)11-20(16(27)4)21(28)13-26-22(29)24(5,25-23(26)30)19-10-9-17-7-6-8-18(17)12-19/h9-12,14H,6-8,13H2,1-5H3,(H,25,30)/t24-/m0/s1. The Bertz CT molecular complexity index is 1070. The molecule has 1 aromatic heterocycles. The highest BCUT2D eigenvalue weighted by Crippen LogP contribution is 2.33. The molecular formula is C24H29N3O3. The first-order chi connectivity index (χ1) is 14.1. The third-order valence-electron chi connectivity index (χ3n) is 6.55. The summed E-state index contributed by atoms with van der Waals surface area (Å²) in [4.78, 5) is 40.0. The molecule has 0 bridgehead atoms. The number of ketones is 1. The van der Waals surface area contributed by atoms with E-state index in [1.807, 2.05) is 32.0 Å². The Kier molecular flexibility index (Phi) is 4.83. The summed E-state index contributed by atoms with van der Waals surface area (Å²) in [7, 11) is 0. The van der Waals surface area contributed by atoms with Gasteiger partial charge in [0.25, 0.3) is 5.91 Å². The van der Waals surface area contributed by atoms with Crippen LogP contribution < -0.4 is 5.32 Å². The molecule has 2 aromatic rings. The van der Waals surface area contributed by atoms with Gasteiger partial charge in [0.1, 0.15) is 5.54 Å². The fourth-order valence-corrected chi connectivity index (χ4v) is 5.00. The number of Topliss-reactive ketones (excluding diaryl/α,β-unsaturated/α-hetero) is 1. The van der Waals surface area contributed by atoms with Crippen LogP contribution >= 0.6 is 0 Å². The predicted octanol–water partition coefficient (Wildman–Crippen LogP) is 3.82. The van der Waals surface area contributed by atoms with Crippen molar-refractivity contribution in [3.63, 3.8) is 0 Å². The zero-order chi connectivity index (χ0) is 21.8. The third-order valence-corrected chi connectivity index (χ3v) is 6.55. The first kappa shape index (κ1) is 20.4. The molecule has 2 aliphatic rings. The van der Waals surface area contributed by atoms with E-state index in [1.165, 1.54) is 11.1 Å². The minimum Gasteiger partial charge on any atom is -0.346 e. The van der Waals surface area contributed by atoms with Gasteiger partial charge in [-0.15, -0.1) is 0 Å². The number of aromatic nitrogens is 1. The Labute approximate surface area is 177 Å². The lowest BCUT2D eigenvalue weighted by atomic mass is 9.89. The summed E-state index contributed by atoms with van der Waals surface area (Å²) in [6.07, 6.45) is 3.17. The number of aryl methyl sites for hydroxylation is 3. The first-order valence-corrected chi connectivity index (χ1v) is 10.6. The van der Waals surface area contributed by atoms with E-state index >= 15 is 0 Å². The first-order valence-electron chi connectivity index (χ1n) is 10.6. The molecule has 2 heterocycles. The Hall–Kier alpha value is -2.89. The average molecular weight is 408 g/mol. The van der Waals surface area contributed by atoms with Gasteiger partial charge >= 0.3 is 6.03 Å². The Morgan fingerprint density at radius 3 is 2.50 bits per heavy atom. The van der Waals surface area contributed by atoms with Crippen molar-refractivity contribution < 1.29 is 14.4 Å². The van der Waals surface area contributed by atoms with Crippen LogP contribution in [0, 0.1) is 13.8 Å². The molecule has 0 saturated carbocycles. The van der Waals surface area contributed by atoms with E-state index in [0.29, 0.717) is 5.56 Å². The number of fused-ring (bicyclic) bond motifs is 1. The summed E-state index contributed by atoms with van der Waals surface area (Å²) in [5.41, 5.74) is 4.59. The molecule has 6 heteroatoms. The number of carbonyl (C=O) groups is 3. The second-order valence-corrected chi connectivity index (χ2v) is 8.96. The van der Waals surface area contributed by atoms with Gasteiger partial charge in [-0.05, 0) is 76.6 Å². The molecule has 30 heavy (non-hydrogen) atoms. The molecule has 1 fully saturated rings. The minimum absolute atomic E-state index is 0.225. The number of hydrogen-bond acceptors (Lipinski definition) is 3. The zero-order valence-corrected chi connectivity index (χ0v) is 18.3. The van der Waals surface area contributed by atoms with E-state index in [1.54, 1.807) is 6.92 Å². The van der Waals surface area contributed by atoms with E-state index in [-0.39, 0.29) is 24.3 Å². The lowest BCUT2D eigenvalue weighted by Crippen LogP contribution is -2.41. The monoisotopic (exact) mass is 407 g/mol. The summed E-state index contributed by atoms with van der Waals surface area (Å²) in [6.45, 7) is 9.46. The Balaban J connectivity index is 1.59. The molecular weight excluding hydrogens is 378 g/mol. The maximum atomic E-state index is 13.3. The Morgan fingerprint density at radius 2 is 1.83 bits per heavy atom. The normalized spacial score (nSPS) is 20.8. The maximum absolute atomic E-state index is 13.3. The van der Waals surface area contributed by atoms with Crippen LogP contribution in [-0.4, -0.2) is 33.7 Å². The van der Waals surface area contributed by atoms with Gasteiger partial charge in [0.2, 0.25) is 0 Å². The summed E-state index contributed by atoms with van der Waals surface area (Å²) in [6, 6.07) is 7.55. The second-order valence-electron chi connectivity index (χ2n) is 8.96. The molecule has 0 spiro atoms. The molecule has 158 valence electrons. The fraction of sp³-hybridized carbons (Fsp3) is 0.458. The van der Waals surface area contributed by atoms with Crippen LogP contribution in [0.4, 0.5) is 4.79 Å². The molecule has 1 N–H and O–H groups in total. The van der Waals surface area contributed by atoms with Gasteiger partial charge in [-0.3, -0.25) is 14.5 Å². The van der Waals surface area contributed by atoms with Gasteiger partial charge in [0.15, 0.2) is 5.78 Å². The molecule has 3 amide bonds. The number of hydrogen-bond donors (Lipinski definition) is 1. The quantitative estimate of drug-likeness (QED) is 0.605. The smallest absolute Gasteiger partial charge is 0.325 e. The fourth-order valence-electron chi connectivity index (χ4n) is 5.00. The van der Waals surface area contributed by atoms with Crippen LogP contribution in [0.15, 0.2) is 24.3 Å². The number of urea groups is 1. The molecule has 1 saturated heterocycles. The van der Waals surface area contributed by atoms with Gasteiger partial charge in [0.05, 0.1) is 6.54 Å². The van der Waals surface area contributed by atoms with Crippen LogP contribution in [0.25, 0.3) is 0 Å². The van der Waals surface area contributed by atoms with Gasteiger partial charge in [-0.1, -0.05) is 18.2 Å². The summed E-state index contributed by atoms with van der Waals surface area (Å²) in [5, 5.41) is 2.82. The van der Waals surface area contributed by atoms with Crippen molar-refractivity contribution in [2.75, 3.05) is 6.54 Å². The zero-order valence-electron chi connectivity index (χ0n) is 18.3. The van der Waals surface area contributed by atoms with Crippen molar-refractivity contribution in [2.45, 2.75) is 65.5 Å². The number of imide groups is 1. The molecule has 4 rings (SSSR count). The van der Waals surface area contributed by atoms with Crippen LogP contribution in [-0.2, 0) is 23.2 Å². The van der Waals surface area contributed by atoms with Crippen LogP contribution in [0.5, 0.6) is 0 Å². The van der Waals surface area contributed by atoms with Crippen LogP contribution in [0.2, 0.25) is 0 Å². The SMILES string of the molecule is Cc1cc(C(=O)CN2C(=O)N[C@@](C)(c3ccc4c(c3)CCC4)C2=O)c(C)n1C(C)C. The largest absolute Gasteiger partial charge is 0.346 e. The van der Waals surface area contributed by atoms with Gasteiger partial charge in [-0.25, -0.2) is 4.79 Å². The second kappa shape index (κ2) is 7.11. The van der Waals surface area contributed by atoms with Crippen LogP contribution in [0.3, 0.4) is 0 Å². The van der Waals surface area contributed by atoms with Gasteiger partial charge in [0, 0.05) is 23.0 Å². The van der Waals surface area contributed by atoms with E-state index in [0.717, 1.165) is 41.1 Å². The summed E-state index contributed by atoms with van der Waals surface area (Å²) in [5.74, 6) is -0.604. The molecule has 6 nitrogen and oxygen atoms in total. The topological polar surface area (TPSA) is 71.4 Å². The van der Waals surface area contributed by atoms with Crippen molar-refractivity contribution in [3.8, 4) is 0 Å². The van der Waals surface area contributed by atoms with Gasteiger partial charge in [-0.2, -0.15) is 0 Å². The number of carbonyl (C=O) groups excluding carboxylic acids is 3. The van der Waals surface area contributed by atoms with Crippen molar-refractivity contribution in [2.24, 2.45) is 0 Å². The molecule has 1 aliphatic heterocycles. The maximum Gasteiger partial charge on any atom is 0.325 e. The molecule has 0 radical (unpaired) electrons. The molecule has 1 aromatic carbocycles. The highest BCUT2D eigenvalue weighted by molar-refractivity contribution is 6.11. The summed E-state index contributed by atoms with van der Waals surface area (Å²) >= 11 is 0. The third kappa shape index (κ3) is 3.06. The van der Waals surface area contributed by atoms with E-state index in [4.69, 9.17) is 0 Å². The number of nitrogens with zero attached hydrogens (tertiary/aromatic N) is 2. The molecule has 0 unspecified atom stereocenters. The average Bonchev–Trinajstić information content (AvgIpc) is 3.33. The molecule has 1 aliphatic carbocycles. The van der Waals surface area contributed by atoms with Gasteiger partial charge < -0.3 is 9.88 Å². The molecule has 1 atom stereocenters. The summed E-state index contributed by atoms with van der Waals surface area (Å²) < 4.78 is 2.09. The van der Waals surface area contributed by atoms with E-state index in [9.17, 15) is 14.4 Å². The van der Waals surface area contributed by atoms with Crippen molar-refractivity contribution in [1.29, 1.82) is 0 Å². The highest BCUT2D eigenvalue weighted by Gasteiger charge is 2.49. The van der Waals surface area contributed by atoms with E-state index < -0.39 is 11.6 Å². The lowest BCUT2D eigenvalue weighted by Gasteiger charge is -2.23. The number of nitrogens with one attached hydrogen (secondary N) is 1. The van der Waals surface area contributed by atoms with Crippen molar-refractivity contribution in [1.82, 2.24) is 14.8 Å². The number of rotatable bonds is 5. The minimum atomic E-state index is -1.15. The van der Waals surface area contributed by atoms with E-state index in [2.05, 4.69) is 29.8 Å². The number of benzene rings is 1. The van der Waals surface area contributed by atoms with Crippen molar-refractivity contribution in [3.05, 3.63) is 57.9 Å².